The molecule has 0 aliphatic heterocycles. The number of halogens is 3. The van der Waals surface area contributed by atoms with E-state index in [4.69, 9.17) is 19.3 Å². The molecule has 1 fully saturated rings. The first-order valence-corrected chi connectivity index (χ1v) is 11.3. The summed E-state index contributed by atoms with van der Waals surface area (Å²) in [5.41, 5.74) is -0.264. The number of fused-ring (bicyclic) bond motifs is 1. The normalized spacial score (nSPS) is 14.7. The Morgan fingerprint density at radius 2 is 1.94 bits per heavy atom. The number of rotatable bonds is 11. The Bertz CT molecular complexity index is 1200. The zero-order chi connectivity index (χ0) is 25.2. The second kappa shape index (κ2) is 10.2. The Labute approximate surface area is 201 Å². The van der Waals surface area contributed by atoms with Crippen LogP contribution in [0.1, 0.15) is 29.8 Å². The average Bonchev–Trinajstić information content (AvgIpc) is 3.68. The number of nitrogens with one attached hydrogen (secondary N) is 1. The van der Waals surface area contributed by atoms with Gasteiger partial charge in [-0.25, -0.2) is 14.4 Å². The van der Waals surface area contributed by atoms with E-state index >= 15 is 0 Å². The molecule has 0 bridgehead atoms. The monoisotopic (exact) mass is 491 g/mol. The molecule has 3 aromatic rings. The first-order valence-electron chi connectivity index (χ1n) is 11.3. The number of alkyl halides is 2. The van der Waals surface area contributed by atoms with Crippen LogP contribution in [0.15, 0.2) is 30.3 Å². The quantitative estimate of drug-likeness (QED) is 0.406. The summed E-state index contributed by atoms with van der Waals surface area (Å²) in [5.74, 6) is -2.44. The van der Waals surface area contributed by atoms with Crippen LogP contribution in [-0.2, 0) is 17.2 Å². The number of aromatic nitrogens is 2. The van der Waals surface area contributed by atoms with Crippen molar-refractivity contribution in [1.82, 2.24) is 9.97 Å². The number of hydrogen-bond acceptors (Lipinski definition) is 7. The standard InChI is InChI=1S/C25H28F3N3O4/c1-14-30-19-10-20(33-2)21(35-12-22(34-3)15-7-8-15)9-17(19)24(31-14)29-11-16-5-4-6-18(23(16)26)25(27,28)13-32/h4-6,9-10,15,22,32H,7-8,11-13H2,1-3H3,(H,29,30,31). The summed E-state index contributed by atoms with van der Waals surface area (Å²) in [6.07, 6.45) is 2.20. The van der Waals surface area contributed by atoms with Crippen LogP contribution in [0.25, 0.3) is 10.9 Å². The third-order valence-electron chi connectivity index (χ3n) is 6.06. The maximum absolute atomic E-state index is 14.8. The Kier molecular flexibility index (Phi) is 7.32. The van der Waals surface area contributed by atoms with Gasteiger partial charge in [-0.1, -0.05) is 12.1 Å². The second-order valence-corrected chi connectivity index (χ2v) is 8.56. The zero-order valence-corrected chi connectivity index (χ0v) is 19.8. The summed E-state index contributed by atoms with van der Waals surface area (Å²) in [6.45, 7) is 0.479. The van der Waals surface area contributed by atoms with E-state index in [0.717, 1.165) is 18.9 Å². The van der Waals surface area contributed by atoms with E-state index in [0.29, 0.717) is 46.6 Å². The molecule has 1 unspecified atom stereocenters. The van der Waals surface area contributed by atoms with Crippen LogP contribution in [-0.4, -0.2) is 48.6 Å². The van der Waals surface area contributed by atoms with Gasteiger partial charge in [0.15, 0.2) is 11.5 Å². The fourth-order valence-corrected chi connectivity index (χ4v) is 3.96. The van der Waals surface area contributed by atoms with E-state index in [-0.39, 0.29) is 18.2 Å². The van der Waals surface area contributed by atoms with Crippen molar-refractivity contribution in [2.45, 2.75) is 38.3 Å². The third kappa shape index (κ3) is 5.43. The molecule has 10 heteroatoms. The molecule has 4 rings (SSSR count). The van der Waals surface area contributed by atoms with Gasteiger partial charge in [-0.3, -0.25) is 0 Å². The van der Waals surface area contributed by atoms with Crippen LogP contribution >= 0.6 is 0 Å². The largest absolute Gasteiger partial charge is 0.493 e. The number of anilines is 1. The summed E-state index contributed by atoms with van der Waals surface area (Å²) < 4.78 is 59.6. The highest BCUT2D eigenvalue weighted by molar-refractivity contribution is 5.91. The maximum atomic E-state index is 14.8. The van der Waals surface area contributed by atoms with Crippen LogP contribution in [0.3, 0.4) is 0 Å². The number of benzene rings is 2. The smallest absolute Gasteiger partial charge is 0.298 e. The topological polar surface area (TPSA) is 85.7 Å². The lowest BCUT2D eigenvalue weighted by molar-refractivity contribution is -0.0583. The van der Waals surface area contributed by atoms with Crippen molar-refractivity contribution < 1.29 is 32.5 Å². The molecular weight excluding hydrogens is 463 g/mol. The number of aliphatic hydroxyl groups excluding tert-OH is 1. The van der Waals surface area contributed by atoms with Gasteiger partial charge >= 0.3 is 0 Å². The number of hydrogen-bond donors (Lipinski definition) is 2. The highest BCUT2D eigenvalue weighted by Gasteiger charge is 2.34. The lowest BCUT2D eigenvalue weighted by Gasteiger charge is -2.19. The predicted molar refractivity (Wildman–Crippen MR) is 125 cm³/mol. The van der Waals surface area contributed by atoms with Crippen LogP contribution in [0.5, 0.6) is 11.5 Å². The van der Waals surface area contributed by atoms with E-state index in [1.807, 2.05) is 0 Å². The molecular formula is C25H28F3N3O4. The van der Waals surface area contributed by atoms with Crippen LogP contribution in [0, 0.1) is 18.7 Å². The maximum Gasteiger partial charge on any atom is 0.298 e. The number of aryl methyl sites for hydroxylation is 1. The molecule has 0 radical (unpaired) electrons. The first kappa shape index (κ1) is 25.0. The van der Waals surface area contributed by atoms with Gasteiger partial charge in [-0.15, -0.1) is 0 Å². The molecule has 7 nitrogen and oxygen atoms in total. The zero-order valence-electron chi connectivity index (χ0n) is 19.8. The molecule has 1 heterocycles. The predicted octanol–water partition coefficient (Wildman–Crippen LogP) is 4.59. The van der Waals surface area contributed by atoms with Gasteiger partial charge in [0.2, 0.25) is 0 Å². The molecule has 1 aliphatic rings. The van der Waals surface area contributed by atoms with E-state index in [1.54, 1.807) is 26.2 Å². The molecule has 35 heavy (non-hydrogen) atoms. The molecule has 0 spiro atoms. The molecule has 1 saturated carbocycles. The SMILES string of the molecule is COc1cc2nc(C)nc(NCc3cccc(C(F)(F)CO)c3F)c2cc1OCC(OC)C1CC1. The van der Waals surface area contributed by atoms with E-state index < -0.39 is 23.9 Å². The molecule has 0 amide bonds. The highest BCUT2D eigenvalue weighted by Crippen LogP contribution is 2.37. The number of nitrogens with zero attached hydrogens (tertiary/aromatic N) is 2. The minimum atomic E-state index is -3.68. The van der Waals surface area contributed by atoms with Crippen LogP contribution in [0.2, 0.25) is 0 Å². The number of methoxy groups -OCH3 is 2. The summed E-state index contributed by atoms with van der Waals surface area (Å²) in [6, 6.07) is 7.15. The van der Waals surface area contributed by atoms with Crippen LogP contribution < -0.4 is 14.8 Å². The fraction of sp³-hybridized carbons (Fsp3) is 0.440. The lowest BCUT2D eigenvalue weighted by atomic mass is 10.0. The van der Waals surface area contributed by atoms with E-state index in [1.165, 1.54) is 19.2 Å². The van der Waals surface area contributed by atoms with Gasteiger partial charge in [0.25, 0.3) is 5.92 Å². The van der Waals surface area contributed by atoms with Gasteiger partial charge in [0, 0.05) is 30.7 Å². The molecule has 2 aromatic carbocycles. The first-order chi connectivity index (χ1) is 16.8. The summed E-state index contributed by atoms with van der Waals surface area (Å²) in [7, 11) is 3.20. The number of ether oxygens (including phenoxy) is 3. The molecule has 1 atom stereocenters. The van der Waals surface area contributed by atoms with Gasteiger partial charge in [0.05, 0.1) is 24.3 Å². The van der Waals surface area contributed by atoms with Crippen molar-refractivity contribution >= 4 is 16.7 Å². The van der Waals surface area contributed by atoms with Crippen molar-refractivity contribution in [3.05, 3.63) is 53.1 Å². The lowest BCUT2D eigenvalue weighted by Crippen LogP contribution is -2.22. The van der Waals surface area contributed by atoms with Crippen molar-refractivity contribution in [2.24, 2.45) is 5.92 Å². The second-order valence-electron chi connectivity index (χ2n) is 8.56. The Morgan fingerprint density at radius 1 is 1.17 bits per heavy atom. The summed E-state index contributed by atoms with van der Waals surface area (Å²) in [5, 5.41) is 12.6. The Morgan fingerprint density at radius 3 is 2.60 bits per heavy atom. The van der Waals surface area contributed by atoms with Crippen LogP contribution in [0.4, 0.5) is 19.0 Å². The van der Waals surface area contributed by atoms with Crippen molar-refractivity contribution in [2.75, 3.05) is 32.8 Å². The highest BCUT2D eigenvalue weighted by atomic mass is 19.3. The summed E-state index contributed by atoms with van der Waals surface area (Å²) in [4.78, 5) is 8.88. The number of aliphatic hydroxyl groups is 1. The minimum Gasteiger partial charge on any atom is -0.493 e. The molecule has 0 saturated heterocycles. The molecule has 1 aliphatic carbocycles. The fourth-order valence-electron chi connectivity index (χ4n) is 3.96. The average molecular weight is 492 g/mol. The van der Waals surface area contributed by atoms with Gasteiger partial charge < -0.3 is 24.6 Å². The molecule has 188 valence electrons. The van der Waals surface area contributed by atoms with E-state index in [9.17, 15) is 13.2 Å². The third-order valence-corrected chi connectivity index (χ3v) is 6.06. The minimum absolute atomic E-state index is 0.0115. The van der Waals surface area contributed by atoms with E-state index in [2.05, 4.69) is 15.3 Å². The molecule has 2 N–H and O–H groups in total. The van der Waals surface area contributed by atoms with Crippen molar-refractivity contribution in [1.29, 1.82) is 0 Å². The van der Waals surface area contributed by atoms with Gasteiger partial charge in [-0.05, 0) is 37.8 Å². The Balaban J connectivity index is 1.63. The molecule has 1 aromatic heterocycles. The van der Waals surface area contributed by atoms with Crippen molar-refractivity contribution in [3.8, 4) is 11.5 Å². The Hall–Kier alpha value is -3.11. The van der Waals surface area contributed by atoms with Gasteiger partial charge in [-0.2, -0.15) is 8.78 Å². The summed E-state index contributed by atoms with van der Waals surface area (Å²) >= 11 is 0. The van der Waals surface area contributed by atoms with Gasteiger partial charge in [0.1, 0.15) is 30.7 Å². The van der Waals surface area contributed by atoms with Crippen molar-refractivity contribution in [3.63, 3.8) is 0 Å².